The van der Waals surface area contributed by atoms with Crippen molar-refractivity contribution in [3.05, 3.63) is 65.7 Å². The van der Waals surface area contributed by atoms with Crippen LogP contribution in [-0.2, 0) is 17.6 Å². The first kappa shape index (κ1) is 18.0. The molecule has 1 atom stereocenters. The Morgan fingerprint density at radius 3 is 2.38 bits per heavy atom. The number of aliphatic hydroxyl groups is 1. The second-order valence-electron chi connectivity index (χ2n) is 6.28. The molecule has 2 rings (SSSR count). The molecule has 0 fully saturated rings. The maximum absolute atomic E-state index is 12.0. The van der Waals surface area contributed by atoms with Gasteiger partial charge in [-0.05, 0) is 36.6 Å². The third kappa shape index (κ3) is 6.05. The number of aryl methyl sites for hydroxylation is 1. The molecule has 128 valence electrons. The first-order chi connectivity index (χ1) is 11.5. The average molecular weight is 327 g/mol. The van der Waals surface area contributed by atoms with Crippen LogP contribution in [0.15, 0.2) is 54.6 Å². The summed E-state index contributed by atoms with van der Waals surface area (Å²) >= 11 is 0. The van der Waals surface area contributed by atoms with E-state index in [0.29, 0.717) is 19.3 Å². The molecule has 1 unspecified atom stereocenters. The van der Waals surface area contributed by atoms with Crippen molar-refractivity contribution in [2.24, 2.45) is 0 Å². The lowest BCUT2D eigenvalue weighted by molar-refractivity contribution is -0.122. The molecule has 0 aliphatic heterocycles. The van der Waals surface area contributed by atoms with Gasteiger partial charge in [0.05, 0.1) is 12.7 Å². The average Bonchev–Trinajstić information content (AvgIpc) is 2.59. The van der Waals surface area contributed by atoms with Crippen LogP contribution in [0.1, 0.15) is 24.5 Å². The predicted octanol–water partition coefficient (Wildman–Crippen LogP) is 2.74. The number of hydrogen-bond donors (Lipinski definition) is 2. The van der Waals surface area contributed by atoms with E-state index < -0.39 is 5.60 Å². The molecule has 0 saturated carbocycles. The van der Waals surface area contributed by atoms with Crippen LogP contribution in [0, 0.1) is 0 Å². The Morgan fingerprint density at radius 2 is 1.75 bits per heavy atom. The summed E-state index contributed by atoms with van der Waals surface area (Å²) in [5, 5.41) is 13.3. The molecule has 4 heteroatoms. The number of carbonyl (C=O) groups excluding carboxylic acids is 1. The summed E-state index contributed by atoms with van der Waals surface area (Å²) < 4.78 is 5.12. The molecule has 1 amide bonds. The van der Waals surface area contributed by atoms with E-state index in [1.807, 2.05) is 54.6 Å². The van der Waals surface area contributed by atoms with Crippen molar-refractivity contribution in [3.8, 4) is 5.75 Å². The summed E-state index contributed by atoms with van der Waals surface area (Å²) in [6.45, 7) is 1.96. The van der Waals surface area contributed by atoms with Crippen LogP contribution in [0.4, 0.5) is 0 Å². The zero-order valence-corrected chi connectivity index (χ0v) is 14.3. The molecule has 0 radical (unpaired) electrons. The minimum atomic E-state index is -0.989. The van der Waals surface area contributed by atoms with Gasteiger partial charge in [-0.15, -0.1) is 0 Å². The van der Waals surface area contributed by atoms with Crippen molar-refractivity contribution in [1.82, 2.24) is 5.32 Å². The lowest BCUT2D eigenvalue weighted by Gasteiger charge is -2.24. The number of ether oxygens (including phenoxy) is 1. The van der Waals surface area contributed by atoms with E-state index in [1.165, 1.54) is 0 Å². The van der Waals surface area contributed by atoms with Gasteiger partial charge in [0.2, 0.25) is 5.91 Å². The van der Waals surface area contributed by atoms with Crippen LogP contribution in [-0.4, -0.2) is 30.3 Å². The number of amides is 1. The predicted molar refractivity (Wildman–Crippen MR) is 95.1 cm³/mol. The van der Waals surface area contributed by atoms with Crippen molar-refractivity contribution in [2.75, 3.05) is 13.7 Å². The molecule has 24 heavy (non-hydrogen) atoms. The highest BCUT2D eigenvalue weighted by Gasteiger charge is 2.21. The molecular weight excluding hydrogens is 302 g/mol. The van der Waals surface area contributed by atoms with Gasteiger partial charge >= 0.3 is 0 Å². The Hall–Kier alpha value is -2.33. The van der Waals surface area contributed by atoms with E-state index in [-0.39, 0.29) is 12.5 Å². The molecule has 2 aromatic carbocycles. The lowest BCUT2D eigenvalue weighted by atomic mass is 9.96. The van der Waals surface area contributed by atoms with E-state index in [9.17, 15) is 9.90 Å². The van der Waals surface area contributed by atoms with Gasteiger partial charge in [-0.1, -0.05) is 42.5 Å². The molecule has 0 aromatic heterocycles. The summed E-state index contributed by atoms with van der Waals surface area (Å²) in [7, 11) is 1.62. The molecule has 0 spiro atoms. The summed E-state index contributed by atoms with van der Waals surface area (Å²) in [5.74, 6) is 0.737. The fourth-order valence-corrected chi connectivity index (χ4v) is 2.53. The topological polar surface area (TPSA) is 58.6 Å². The molecule has 0 aliphatic rings. The molecule has 0 saturated heterocycles. The van der Waals surface area contributed by atoms with Crippen molar-refractivity contribution in [2.45, 2.75) is 31.8 Å². The van der Waals surface area contributed by atoms with Gasteiger partial charge in [-0.25, -0.2) is 0 Å². The van der Waals surface area contributed by atoms with E-state index in [2.05, 4.69) is 5.32 Å². The standard InChI is InChI=1S/C20H25NO3/c1-20(23,14-17-8-11-18(24-2)12-9-17)15-21-19(22)13-10-16-6-4-3-5-7-16/h3-9,11-12,23H,10,13-15H2,1-2H3,(H,21,22). The zero-order valence-electron chi connectivity index (χ0n) is 14.3. The van der Waals surface area contributed by atoms with Crippen molar-refractivity contribution < 1.29 is 14.6 Å². The third-order valence-corrected chi connectivity index (χ3v) is 3.89. The van der Waals surface area contributed by atoms with Gasteiger partial charge in [0.1, 0.15) is 5.75 Å². The maximum atomic E-state index is 12.0. The Morgan fingerprint density at radius 1 is 1.08 bits per heavy atom. The van der Waals surface area contributed by atoms with Crippen molar-refractivity contribution in [3.63, 3.8) is 0 Å². The van der Waals surface area contributed by atoms with E-state index in [4.69, 9.17) is 4.74 Å². The maximum Gasteiger partial charge on any atom is 0.220 e. The van der Waals surface area contributed by atoms with E-state index in [0.717, 1.165) is 16.9 Å². The normalized spacial score (nSPS) is 13.1. The summed E-state index contributed by atoms with van der Waals surface area (Å²) in [6, 6.07) is 17.5. The highest BCUT2D eigenvalue weighted by atomic mass is 16.5. The van der Waals surface area contributed by atoms with Gasteiger partial charge in [0.15, 0.2) is 0 Å². The van der Waals surface area contributed by atoms with Crippen LogP contribution in [0.25, 0.3) is 0 Å². The second-order valence-corrected chi connectivity index (χ2v) is 6.28. The SMILES string of the molecule is COc1ccc(CC(C)(O)CNC(=O)CCc2ccccc2)cc1. The monoisotopic (exact) mass is 327 g/mol. The second kappa shape index (κ2) is 8.50. The van der Waals surface area contributed by atoms with E-state index >= 15 is 0 Å². The smallest absolute Gasteiger partial charge is 0.220 e. The summed E-state index contributed by atoms with van der Waals surface area (Å²) in [4.78, 5) is 12.0. The van der Waals surface area contributed by atoms with Crippen molar-refractivity contribution in [1.29, 1.82) is 0 Å². The van der Waals surface area contributed by atoms with Crippen LogP contribution in [0.3, 0.4) is 0 Å². The Bertz CT molecular complexity index is 636. The number of nitrogens with one attached hydrogen (secondary N) is 1. The van der Waals surface area contributed by atoms with Gasteiger partial charge in [-0.3, -0.25) is 4.79 Å². The van der Waals surface area contributed by atoms with Crippen LogP contribution in [0.5, 0.6) is 5.75 Å². The van der Waals surface area contributed by atoms with Crippen molar-refractivity contribution >= 4 is 5.91 Å². The van der Waals surface area contributed by atoms with Crippen LogP contribution in [0.2, 0.25) is 0 Å². The number of carbonyl (C=O) groups is 1. The summed E-state index contributed by atoms with van der Waals surface area (Å²) in [6.07, 6.45) is 1.59. The fraction of sp³-hybridized carbons (Fsp3) is 0.350. The molecule has 2 aromatic rings. The molecule has 0 heterocycles. The quantitative estimate of drug-likeness (QED) is 0.784. The first-order valence-electron chi connectivity index (χ1n) is 8.14. The minimum Gasteiger partial charge on any atom is -0.497 e. The number of rotatable bonds is 8. The molecular formula is C20H25NO3. The Balaban J connectivity index is 1.77. The highest BCUT2D eigenvalue weighted by Crippen LogP contribution is 2.16. The fourth-order valence-electron chi connectivity index (χ4n) is 2.53. The number of methoxy groups -OCH3 is 1. The molecule has 0 bridgehead atoms. The van der Waals surface area contributed by atoms with Gasteiger partial charge < -0.3 is 15.2 Å². The Labute approximate surface area is 143 Å². The van der Waals surface area contributed by atoms with E-state index in [1.54, 1.807) is 14.0 Å². The third-order valence-electron chi connectivity index (χ3n) is 3.89. The molecule has 0 aliphatic carbocycles. The van der Waals surface area contributed by atoms with Gasteiger partial charge in [0.25, 0.3) is 0 Å². The lowest BCUT2D eigenvalue weighted by Crippen LogP contribution is -2.42. The van der Waals surface area contributed by atoms with Crippen LogP contribution < -0.4 is 10.1 Å². The van der Waals surface area contributed by atoms with Gasteiger partial charge in [-0.2, -0.15) is 0 Å². The number of benzene rings is 2. The summed E-state index contributed by atoms with van der Waals surface area (Å²) in [5.41, 5.74) is 1.15. The first-order valence-corrected chi connectivity index (χ1v) is 8.14. The zero-order chi connectivity index (χ0) is 17.4. The minimum absolute atomic E-state index is 0.0474. The molecule has 4 nitrogen and oxygen atoms in total. The number of hydrogen-bond acceptors (Lipinski definition) is 3. The Kier molecular flexibility index (Phi) is 6.38. The van der Waals surface area contributed by atoms with Crippen LogP contribution >= 0.6 is 0 Å². The molecule has 2 N–H and O–H groups in total. The van der Waals surface area contributed by atoms with Gasteiger partial charge in [0, 0.05) is 19.4 Å². The largest absolute Gasteiger partial charge is 0.497 e. The highest BCUT2D eigenvalue weighted by molar-refractivity contribution is 5.76.